The summed E-state index contributed by atoms with van der Waals surface area (Å²) in [5.41, 5.74) is 0. The molecule has 1 fully saturated rings. The smallest absolute Gasteiger partial charge is 0.307 e. The van der Waals surface area contributed by atoms with Gasteiger partial charge in [0, 0.05) is 26.7 Å². The number of hydrogen-bond donors (Lipinski definition) is 1. The molecular formula is C14H27N3O4S. The lowest BCUT2D eigenvalue weighted by Crippen LogP contribution is -2.57. The molecule has 1 saturated heterocycles. The molecule has 1 aliphatic rings. The van der Waals surface area contributed by atoms with Gasteiger partial charge in [-0.1, -0.05) is 0 Å². The molecule has 7 nitrogen and oxygen atoms in total. The van der Waals surface area contributed by atoms with Crippen LogP contribution in [0.25, 0.3) is 0 Å². The van der Waals surface area contributed by atoms with Gasteiger partial charge in [-0.2, -0.15) is 0 Å². The number of esters is 1. The summed E-state index contributed by atoms with van der Waals surface area (Å²) in [6.45, 7) is 8.25. The zero-order chi connectivity index (χ0) is 17.0. The number of carbonyl (C=O) groups is 1. The molecule has 1 aliphatic heterocycles. The third-order valence-corrected chi connectivity index (χ3v) is 6.07. The molecule has 0 aromatic heterocycles. The van der Waals surface area contributed by atoms with Crippen LogP contribution < -0.4 is 5.32 Å². The summed E-state index contributed by atoms with van der Waals surface area (Å²) in [5, 5.41) is 3.09. The lowest BCUT2D eigenvalue weighted by atomic mass is 10.2. The molecule has 0 aromatic rings. The molecule has 1 heterocycles. The van der Waals surface area contributed by atoms with Crippen LogP contribution in [-0.4, -0.2) is 68.5 Å². The highest BCUT2D eigenvalue weighted by Gasteiger charge is 2.40. The summed E-state index contributed by atoms with van der Waals surface area (Å²) in [7, 11) is -1.44. The molecule has 0 amide bonds. The minimum atomic E-state index is -3.08. The van der Waals surface area contributed by atoms with Crippen molar-refractivity contribution in [2.75, 3.05) is 32.4 Å². The van der Waals surface area contributed by atoms with Gasteiger partial charge in [0.15, 0.2) is 15.8 Å². The predicted octanol–water partition coefficient (Wildman–Crippen LogP) is 0.413. The minimum Gasteiger partial charge on any atom is -0.463 e. The molecule has 8 heteroatoms. The summed E-state index contributed by atoms with van der Waals surface area (Å²) < 4.78 is 28.3. The normalized spacial score (nSPS) is 20.8. The quantitative estimate of drug-likeness (QED) is 0.455. The number of sulfone groups is 1. The second-order valence-corrected chi connectivity index (χ2v) is 9.01. The van der Waals surface area contributed by atoms with E-state index in [4.69, 9.17) is 4.74 Å². The molecule has 22 heavy (non-hydrogen) atoms. The van der Waals surface area contributed by atoms with Gasteiger partial charge in [-0.25, -0.2) is 8.42 Å². The van der Waals surface area contributed by atoms with Gasteiger partial charge in [0.05, 0.1) is 23.0 Å². The maximum absolute atomic E-state index is 12.0. The number of hydrogen-bond acceptors (Lipinski definition) is 5. The average molecular weight is 333 g/mol. The molecule has 0 aromatic carbocycles. The molecule has 0 radical (unpaired) electrons. The van der Waals surface area contributed by atoms with Crippen molar-refractivity contribution in [3.8, 4) is 0 Å². The highest BCUT2D eigenvalue weighted by molar-refractivity contribution is 7.92. The fourth-order valence-corrected chi connectivity index (χ4v) is 3.62. The largest absolute Gasteiger partial charge is 0.463 e. The maximum Gasteiger partial charge on any atom is 0.307 e. The molecule has 0 saturated carbocycles. The second-order valence-electron chi connectivity index (χ2n) is 6.26. The Morgan fingerprint density at radius 1 is 1.41 bits per heavy atom. The first kappa shape index (κ1) is 18.7. The SMILES string of the molecule is CN=C(NCCC(=O)OC(C)C)N1CCS(=O)(=O)C(C)(C)C1. The average Bonchev–Trinajstić information content (AvgIpc) is 2.37. The Kier molecular flexibility index (Phi) is 6.22. The van der Waals surface area contributed by atoms with Crippen molar-refractivity contribution in [1.82, 2.24) is 10.2 Å². The van der Waals surface area contributed by atoms with Crippen LogP contribution in [0, 0.1) is 0 Å². The first-order valence-electron chi connectivity index (χ1n) is 7.46. The van der Waals surface area contributed by atoms with Crippen LogP contribution in [0.3, 0.4) is 0 Å². The standard InChI is InChI=1S/C14H27N3O4S/c1-11(2)21-12(18)6-7-16-13(15-5)17-8-9-22(19,20)14(3,4)10-17/h11H,6-10H2,1-5H3,(H,15,16). The van der Waals surface area contributed by atoms with Crippen LogP contribution in [0.15, 0.2) is 4.99 Å². The van der Waals surface area contributed by atoms with Gasteiger partial charge in [0.25, 0.3) is 0 Å². The van der Waals surface area contributed by atoms with Crippen molar-refractivity contribution in [2.45, 2.75) is 45.0 Å². The summed E-state index contributed by atoms with van der Waals surface area (Å²) in [5.74, 6) is 0.454. The number of nitrogens with one attached hydrogen (secondary N) is 1. The number of aliphatic imine (C=N–C) groups is 1. The van der Waals surface area contributed by atoms with Crippen LogP contribution in [0.4, 0.5) is 0 Å². The number of guanidine groups is 1. The van der Waals surface area contributed by atoms with E-state index in [-0.39, 0.29) is 24.2 Å². The highest BCUT2D eigenvalue weighted by Crippen LogP contribution is 2.23. The van der Waals surface area contributed by atoms with Crippen LogP contribution in [0.5, 0.6) is 0 Å². The molecule has 0 unspecified atom stereocenters. The van der Waals surface area contributed by atoms with Gasteiger partial charge >= 0.3 is 5.97 Å². The van der Waals surface area contributed by atoms with Crippen molar-refractivity contribution in [3.05, 3.63) is 0 Å². The molecule has 0 atom stereocenters. The topological polar surface area (TPSA) is 88.1 Å². The lowest BCUT2D eigenvalue weighted by molar-refractivity contribution is -0.147. The van der Waals surface area contributed by atoms with Crippen LogP contribution >= 0.6 is 0 Å². The Labute approximate surface area is 133 Å². The van der Waals surface area contributed by atoms with Gasteiger partial charge in [0.2, 0.25) is 0 Å². The zero-order valence-electron chi connectivity index (χ0n) is 14.0. The molecule has 1 rings (SSSR count). The highest BCUT2D eigenvalue weighted by atomic mass is 32.2. The first-order chi connectivity index (χ1) is 10.1. The number of rotatable bonds is 4. The van der Waals surface area contributed by atoms with Gasteiger partial charge in [-0.3, -0.25) is 9.79 Å². The Bertz CT molecular complexity index is 526. The number of nitrogens with zero attached hydrogens (tertiary/aromatic N) is 2. The third kappa shape index (κ3) is 4.86. The monoisotopic (exact) mass is 333 g/mol. The molecule has 1 N–H and O–H groups in total. The lowest BCUT2D eigenvalue weighted by Gasteiger charge is -2.39. The van der Waals surface area contributed by atoms with Crippen LogP contribution in [-0.2, 0) is 19.4 Å². The Balaban J connectivity index is 2.55. The minimum absolute atomic E-state index is 0.107. The van der Waals surface area contributed by atoms with Gasteiger partial charge < -0.3 is 15.0 Å². The molecular weight excluding hydrogens is 306 g/mol. The van der Waals surface area contributed by atoms with E-state index in [0.717, 1.165) is 0 Å². The van der Waals surface area contributed by atoms with Crippen molar-refractivity contribution in [2.24, 2.45) is 4.99 Å². The van der Waals surface area contributed by atoms with E-state index in [1.807, 2.05) is 4.90 Å². The van der Waals surface area contributed by atoms with Gasteiger partial charge in [0.1, 0.15) is 0 Å². The molecule has 0 bridgehead atoms. The third-order valence-electron chi connectivity index (χ3n) is 3.53. The summed E-state index contributed by atoms with van der Waals surface area (Å²) in [6.07, 6.45) is 0.118. The van der Waals surface area contributed by atoms with E-state index in [2.05, 4.69) is 10.3 Å². The van der Waals surface area contributed by atoms with E-state index in [1.165, 1.54) is 0 Å². The summed E-state index contributed by atoms with van der Waals surface area (Å²) >= 11 is 0. The van der Waals surface area contributed by atoms with Crippen molar-refractivity contribution < 1.29 is 17.9 Å². The van der Waals surface area contributed by atoms with Gasteiger partial charge in [-0.15, -0.1) is 0 Å². The summed E-state index contributed by atoms with van der Waals surface area (Å²) in [4.78, 5) is 17.6. The Morgan fingerprint density at radius 3 is 2.55 bits per heavy atom. The zero-order valence-corrected chi connectivity index (χ0v) is 14.9. The van der Waals surface area contributed by atoms with E-state index in [9.17, 15) is 13.2 Å². The van der Waals surface area contributed by atoms with Crippen molar-refractivity contribution in [1.29, 1.82) is 0 Å². The maximum atomic E-state index is 12.0. The molecule has 128 valence electrons. The molecule has 0 spiro atoms. The van der Waals surface area contributed by atoms with Crippen LogP contribution in [0.2, 0.25) is 0 Å². The Morgan fingerprint density at radius 2 is 2.05 bits per heavy atom. The van der Waals surface area contributed by atoms with E-state index >= 15 is 0 Å². The van der Waals surface area contributed by atoms with E-state index in [1.54, 1.807) is 34.7 Å². The number of ether oxygens (including phenoxy) is 1. The fourth-order valence-electron chi connectivity index (χ4n) is 2.25. The van der Waals surface area contributed by atoms with Crippen molar-refractivity contribution in [3.63, 3.8) is 0 Å². The Hall–Kier alpha value is -1.31. The van der Waals surface area contributed by atoms with Crippen LogP contribution in [0.1, 0.15) is 34.1 Å². The van der Waals surface area contributed by atoms with Crippen molar-refractivity contribution >= 4 is 21.8 Å². The molecule has 0 aliphatic carbocycles. The van der Waals surface area contributed by atoms with Gasteiger partial charge in [-0.05, 0) is 27.7 Å². The predicted molar refractivity (Wildman–Crippen MR) is 86.6 cm³/mol. The van der Waals surface area contributed by atoms with E-state index < -0.39 is 14.6 Å². The summed E-state index contributed by atoms with van der Waals surface area (Å²) in [6, 6.07) is 0. The van der Waals surface area contributed by atoms with E-state index in [0.29, 0.717) is 25.6 Å². The first-order valence-corrected chi connectivity index (χ1v) is 9.11. The fraction of sp³-hybridized carbons (Fsp3) is 0.857. The second kappa shape index (κ2) is 7.30. The number of carbonyl (C=O) groups excluding carboxylic acids is 1.